The molecule has 0 radical (unpaired) electrons. The Kier molecular flexibility index (Phi) is 3.69. The van der Waals surface area contributed by atoms with Gasteiger partial charge in [0.2, 0.25) is 0 Å². The van der Waals surface area contributed by atoms with Gasteiger partial charge in [-0.3, -0.25) is 0 Å². The van der Waals surface area contributed by atoms with Crippen LogP contribution < -0.4 is 10.6 Å². The van der Waals surface area contributed by atoms with Crippen molar-refractivity contribution in [1.29, 1.82) is 0 Å². The molecule has 1 aliphatic rings. The van der Waals surface area contributed by atoms with E-state index in [1.165, 1.54) is 37.7 Å². The molecule has 0 spiro atoms. The van der Waals surface area contributed by atoms with Crippen molar-refractivity contribution >= 4 is 17.2 Å². The van der Waals surface area contributed by atoms with E-state index in [-0.39, 0.29) is 0 Å². The summed E-state index contributed by atoms with van der Waals surface area (Å²) in [6.45, 7) is 0.432. The second-order valence-electron chi connectivity index (χ2n) is 6.28. The quantitative estimate of drug-likeness (QED) is 0.730. The summed E-state index contributed by atoms with van der Waals surface area (Å²) < 4.78 is 0. The number of hydrogen-bond donors (Lipinski definition) is 0. The Hall–Kier alpha value is -1.13. The summed E-state index contributed by atoms with van der Waals surface area (Å²) >= 11 is 0. The van der Waals surface area contributed by atoms with Crippen molar-refractivity contribution in [1.82, 2.24) is 0 Å². The van der Waals surface area contributed by atoms with E-state index < -0.39 is 6.60 Å². The molecule has 0 aromatic heterocycles. The molecular weight excluding hydrogens is 259 g/mol. The van der Waals surface area contributed by atoms with Crippen LogP contribution in [0.5, 0.6) is 0 Å². The minimum absolute atomic E-state index is 1.29. The minimum atomic E-state index is -1.93. The molecule has 1 aliphatic heterocycles. The summed E-state index contributed by atoms with van der Waals surface area (Å²) in [4.78, 5) is 0. The fourth-order valence-electron chi connectivity index (χ4n) is 4.42. The molecular formula is C19H25P. The average molecular weight is 284 g/mol. The molecule has 0 aliphatic carbocycles. The van der Waals surface area contributed by atoms with Crippen LogP contribution >= 0.6 is 6.60 Å². The molecule has 0 atom stereocenters. The maximum absolute atomic E-state index is 2.41. The van der Waals surface area contributed by atoms with Crippen molar-refractivity contribution in [2.75, 3.05) is 18.5 Å². The molecule has 0 bridgehead atoms. The number of rotatable bonds is 4. The first-order chi connectivity index (χ1) is 9.81. The van der Waals surface area contributed by atoms with Crippen LogP contribution in [0.1, 0.15) is 26.2 Å². The van der Waals surface area contributed by atoms with E-state index >= 15 is 0 Å². The standard InChI is InChI=1S/C19H25P/c1-2-15-20(16-9-10-17-20,18-11-5-3-6-12-18)19-13-7-4-8-14-19/h3-8,11-14H,2,9-10,15-17H2,1H3. The first-order valence-electron chi connectivity index (χ1n) is 7.92. The van der Waals surface area contributed by atoms with E-state index in [1.54, 1.807) is 10.6 Å². The molecule has 1 heterocycles. The third-order valence-corrected chi connectivity index (χ3v) is 12.9. The van der Waals surface area contributed by atoms with Gasteiger partial charge in [-0.2, -0.15) is 0 Å². The van der Waals surface area contributed by atoms with Crippen molar-refractivity contribution in [3.05, 3.63) is 60.7 Å². The van der Waals surface area contributed by atoms with Crippen LogP contribution in [0.4, 0.5) is 0 Å². The molecule has 20 heavy (non-hydrogen) atoms. The monoisotopic (exact) mass is 284 g/mol. The topological polar surface area (TPSA) is 0 Å². The third kappa shape index (κ3) is 1.93. The van der Waals surface area contributed by atoms with Crippen LogP contribution in [0.25, 0.3) is 0 Å². The first kappa shape index (κ1) is 13.8. The van der Waals surface area contributed by atoms with Gasteiger partial charge in [-0.15, -0.1) is 0 Å². The fourth-order valence-corrected chi connectivity index (χ4v) is 11.9. The van der Waals surface area contributed by atoms with E-state index in [1.807, 2.05) is 0 Å². The Balaban J connectivity index is 2.27. The van der Waals surface area contributed by atoms with Crippen LogP contribution in [-0.4, -0.2) is 18.5 Å². The second kappa shape index (κ2) is 5.34. The van der Waals surface area contributed by atoms with Crippen molar-refractivity contribution < 1.29 is 0 Å². The normalized spacial score (nSPS) is 21.9. The summed E-state index contributed by atoms with van der Waals surface area (Å²) in [5.74, 6) is 0. The van der Waals surface area contributed by atoms with E-state index in [9.17, 15) is 0 Å². The molecule has 1 heteroatoms. The summed E-state index contributed by atoms with van der Waals surface area (Å²) in [6, 6.07) is 22.9. The van der Waals surface area contributed by atoms with Gasteiger partial charge in [-0.25, -0.2) is 0 Å². The van der Waals surface area contributed by atoms with Crippen LogP contribution in [-0.2, 0) is 0 Å². The van der Waals surface area contributed by atoms with E-state index in [2.05, 4.69) is 67.6 Å². The molecule has 1 fully saturated rings. The van der Waals surface area contributed by atoms with Crippen LogP contribution in [0.15, 0.2) is 60.7 Å². The Morgan fingerprint density at radius 3 is 1.60 bits per heavy atom. The van der Waals surface area contributed by atoms with Crippen LogP contribution in [0, 0.1) is 0 Å². The zero-order valence-corrected chi connectivity index (χ0v) is 13.4. The van der Waals surface area contributed by atoms with Gasteiger partial charge >= 0.3 is 123 Å². The van der Waals surface area contributed by atoms with E-state index in [0.29, 0.717) is 0 Å². The van der Waals surface area contributed by atoms with Crippen molar-refractivity contribution in [3.63, 3.8) is 0 Å². The predicted octanol–water partition coefficient (Wildman–Crippen LogP) is 4.39. The van der Waals surface area contributed by atoms with E-state index in [0.717, 1.165) is 0 Å². The van der Waals surface area contributed by atoms with Crippen molar-refractivity contribution in [2.45, 2.75) is 26.2 Å². The fraction of sp³-hybridized carbons (Fsp3) is 0.368. The van der Waals surface area contributed by atoms with E-state index in [4.69, 9.17) is 0 Å². The van der Waals surface area contributed by atoms with Gasteiger partial charge in [-0.05, 0) is 0 Å². The molecule has 2 aromatic rings. The zero-order valence-electron chi connectivity index (χ0n) is 12.5. The summed E-state index contributed by atoms with van der Waals surface area (Å²) in [5.41, 5.74) is 0. The Morgan fingerprint density at radius 1 is 0.750 bits per heavy atom. The molecule has 0 saturated carbocycles. The second-order valence-corrected chi connectivity index (χ2v) is 12.1. The van der Waals surface area contributed by atoms with Crippen molar-refractivity contribution in [2.24, 2.45) is 0 Å². The van der Waals surface area contributed by atoms with Crippen molar-refractivity contribution in [3.8, 4) is 0 Å². The van der Waals surface area contributed by atoms with Gasteiger partial charge in [0.15, 0.2) is 0 Å². The van der Waals surface area contributed by atoms with Gasteiger partial charge in [0.05, 0.1) is 0 Å². The Labute approximate surface area is 123 Å². The van der Waals surface area contributed by atoms with Gasteiger partial charge in [0.25, 0.3) is 0 Å². The predicted molar refractivity (Wildman–Crippen MR) is 93.2 cm³/mol. The van der Waals surface area contributed by atoms with Gasteiger partial charge in [0, 0.05) is 0 Å². The Morgan fingerprint density at radius 2 is 1.20 bits per heavy atom. The van der Waals surface area contributed by atoms with Crippen LogP contribution in [0.3, 0.4) is 0 Å². The zero-order chi connectivity index (χ0) is 13.9. The molecule has 0 unspecified atom stereocenters. The first-order valence-corrected chi connectivity index (χ1v) is 10.7. The maximum atomic E-state index is 2.41. The molecule has 3 rings (SSSR count). The molecule has 1 saturated heterocycles. The number of benzene rings is 2. The summed E-state index contributed by atoms with van der Waals surface area (Å²) in [7, 11) is 0. The SMILES string of the molecule is CCCP1(c2ccccc2)(c2ccccc2)CCCC1. The molecule has 0 N–H and O–H groups in total. The number of hydrogen-bond acceptors (Lipinski definition) is 0. The molecule has 0 amide bonds. The summed E-state index contributed by atoms with van der Waals surface area (Å²) in [5, 5.41) is 3.31. The molecule has 106 valence electrons. The van der Waals surface area contributed by atoms with Gasteiger partial charge < -0.3 is 0 Å². The average Bonchev–Trinajstić information content (AvgIpc) is 2.97. The van der Waals surface area contributed by atoms with Crippen LogP contribution in [0.2, 0.25) is 0 Å². The molecule has 0 nitrogen and oxygen atoms in total. The van der Waals surface area contributed by atoms with Gasteiger partial charge in [-0.1, -0.05) is 0 Å². The Bertz CT molecular complexity index is 509. The summed E-state index contributed by atoms with van der Waals surface area (Å²) in [6.07, 6.45) is 8.34. The third-order valence-electron chi connectivity index (χ3n) is 5.28. The van der Waals surface area contributed by atoms with Gasteiger partial charge in [0.1, 0.15) is 0 Å². The molecule has 2 aromatic carbocycles.